The second kappa shape index (κ2) is 8.19. The Morgan fingerprint density at radius 3 is 2.80 bits per heavy atom. The highest BCUT2D eigenvalue weighted by molar-refractivity contribution is 9.10. The zero-order chi connectivity index (χ0) is 14.2. The van der Waals surface area contributed by atoms with E-state index in [0.717, 1.165) is 11.0 Å². The highest BCUT2D eigenvalue weighted by Gasteiger charge is 2.03. The van der Waals surface area contributed by atoms with E-state index in [1.807, 2.05) is 36.0 Å². The van der Waals surface area contributed by atoms with E-state index in [4.69, 9.17) is 9.47 Å². The summed E-state index contributed by atoms with van der Waals surface area (Å²) in [5.74, 6) is 0. The summed E-state index contributed by atoms with van der Waals surface area (Å²) in [6.07, 6.45) is 3.78. The zero-order valence-corrected chi connectivity index (χ0v) is 13.1. The molecule has 0 spiro atoms. The Bertz CT molecular complexity index is 502. The molecule has 0 radical (unpaired) electrons. The number of nitrogens with zero attached hydrogens (tertiary/aromatic N) is 2. The van der Waals surface area contributed by atoms with Crippen LogP contribution in [0.4, 0.5) is 0 Å². The smallest absolute Gasteiger partial charge is 0.0781 e. The predicted octanol–water partition coefficient (Wildman–Crippen LogP) is 3.27. The maximum Gasteiger partial charge on any atom is 0.0781 e. The molecule has 0 aliphatic rings. The molecule has 0 aliphatic heterocycles. The van der Waals surface area contributed by atoms with Gasteiger partial charge in [0, 0.05) is 6.20 Å². The van der Waals surface area contributed by atoms with Crippen molar-refractivity contribution in [2.75, 3.05) is 13.2 Å². The third-order valence-electron chi connectivity index (χ3n) is 2.79. The van der Waals surface area contributed by atoms with Gasteiger partial charge in [-0.3, -0.25) is 4.68 Å². The summed E-state index contributed by atoms with van der Waals surface area (Å²) in [4.78, 5) is 0. The van der Waals surface area contributed by atoms with Gasteiger partial charge in [-0.25, -0.2) is 0 Å². The SMILES string of the molecule is CC(COCc1ccccc1)OCCn1cc(Br)cn1. The lowest BCUT2D eigenvalue weighted by Gasteiger charge is -2.13. The second-order valence-electron chi connectivity index (χ2n) is 4.60. The molecule has 0 N–H and O–H groups in total. The van der Waals surface area contributed by atoms with Gasteiger partial charge >= 0.3 is 0 Å². The first-order valence-corrected chi connectivity index (χ1v) is 7.44. The van der Waals surface area contributed by atoms with E-state index in [9.17, 15) is 0 Å². The van der Waals surface area contributed by atoms with E-state index in [0.29, 0.717) is 19.8 Å². The molecular weight excluding hydrogens is 320 g/mol. The number of rotatable bonds is 8. The average molecular weight is 339 g/mol. The first-order valence-electron chi connectivity index (χ1n) is 6.65. The standard InChI is InChI=1S/C15H19BrN2O2/c1-13(11-19-12-14-5-3-2-4-6-14)20-8-7-18-10-15(16)9-17-18/h2-6,9-10,13H,7-8,11-12H2,1H3. The molecule has 0 bridgehead atoms. The lowest BCUT2D eigenvalue weighted by Crippen LogP contribution is -2.19. The van der Waals surface area contributed by atoms with Crippen molar-refractivity contribution >= 4 is 15.9 Å². The molecule has 0 saturated carbocycles. The van der Waals surface area contributed by atoms with Crippen molar-refractivity contribution in [2.24, 2.45) is 0 Å². The molecule has 108 valence electrons. The summed E-state index contributed by atoms with van der Waals surface area (Å²) < 4.78 is 14.2. The monoisotopic (exact) mass is 338 g/mol. The van der Waals surface area contributed by atoms with Gasteiger partial charge in [-0.05, 0) is 28.4 Å². The number of ether oxygens (including phenoxy) is 2. The first kappa shape index (κ1) is 15.2. The minimum Gasteiger partial charge on any atom is -0.374 e. The molecule has 1 aromatic heterocycles. The summed E-state index contributed by atoms with van der Waals surface area (Å²) in [5, 5.41) is 4.17. The van der Waals surface area contributed by atoms with Crippen LogP contribution in [0.25, 0.3) is 0 Å². The molecule has 1 unspecified atom stereocenters. The Labute approximate surface area is 127 Å². The van der Waals surface area contributed by atoms with Gasteiger partial charge in [-0.1, -0.05) is 30.3 Å². The van der Waals surface area contributed by atoms with Gasteiger partial charge in [0.05, 0.1) is 43.1 Å². The van der Waals surface area contributed by atoms with E-state index in [-0.39, 0.29) is 6.10 Å². The van der Waals surface area contributed by atoms with Crippen molar-refractivity contribution in [3.05, 3.63) is 52.8 Å². The van der Waals surface area contributed by atoms with Crippen LogP contribution in [0.5, 0.6) is 0 Å². The van der Waals surface area contributed by atoms with E-state index in [2.05, 4.69) is 33.2 Å². The molecule has 5 heteroatoms. The Morgan fingerprint density at radius 2 is 2.10 bits per heavy atom. The van der Waals surface area contributed by atoms with Crippen LogP contribution in [0.3, 0.4) is 0 Å². The molecule has 1 atom stereocenters. The molecule has 1 aromatic carbocycles. The highest BCUT2D eigenvalue weighted by atomic mass is 79.9. The molecule has 1 heterocycles. The molecule has 0 fully saturated rings. The summed E-state index contributed by atoms with van der Waals surface area (Å²) in [7, 11) is 0. The molecular formula is C15H19BrN2O2. The Kier molecular flexibility index (Phi) is 6.24. The second-order valence-corrected chi connectivity index (χ2v) is 5.52. The van der Waals surface area contributed by atoms with Gasteiger partial charge < -0.3 is 9.47 Å². The van der Waals surface area contributed by atoms with Crippen molar-refractivity contribution in [1.82, 2.24) is 9.78 Å². The highest BCUT2D eigenvalue weighted by Crippen LogP contribution is 2.06. The summed E-state index contributed by atoms with van der Waals surface area (Å²) in [5.41, 5.74) is 1.18. The van der Waals surface area contributed by atoms with Crippen molar-refractivity contribution in [3.8, 4) is 0 Å². The largest absolute Gasteiger partial charge is 0.374 e. The Balaban J connectivity index is 1.57. The average Bonchev–Trinajstić information content (AvgIpc) is 2.86. The molecule has 20 heavy (non-hydrogen) atoms. The topological polar surface area (TPSA) is 36.3 Å². The maximum absolute atomic E-state index is 5.69. The number of hydrogen-bond donors (Lipinski definition) is 0. The van der Waals surface area contributed by atoms with Crippen LogP contribution in [0.2, 0.25) is 0 Å². The van der Waals surface area contributed by atoms with E-state index in [1.54, 1.807) is 6.20 Å². The predicted molar refractivity (Wildman–Crippen MR) is 81.4 cm³/mol. The molecule has 2 rings (SSSR count). The van der Waals surface area contributed by atoms with Crippen molar-refractivity contribution < 1.29 is 9.47 Å². The van der Waals surface area contributed by atoms with Crippen LogP contribution in [0, 0.1) is 0 Å². The van der Waals surface area contributed by atoms with Gasteiger partial charge in [0.2, 0.25) is 0 Å². The fraction of sp³-hybridized carbons (Fsp3) is 0.400. The van der Waals surface area contributed by atoms with Crippen LogP contribution in [-0.2, 0) is 22.6 Å². The van der Waals surface area contributed by atoms with Gasteiger partial charge in [-0.2, -0.15) is 5.10 Å². The summed E-state index contributed by atoms with van der Waals surface area (Å²) >= 11 is 3.37. The molecule has 0 aliphatic carbocycles. The number of benzene rings is 1. The third kappa shape index (κ3) is 5.45. The van der Waals surface area contributed by atoms with Crippen molar-refractivity contribution in [3.63, 3.8) is 0 Å². The maximum atomic E-state index is 5.69. The lowest BCUT2D eigenvalue weighted by atomic mass is 10.2. The normalized spacial score (nSPS) is 12.5. The van der Waals surface area contributed by atoms with Crippen molar-refractivity contribution in [1.29, 1.82) is 0 Å². The van der Waals surface area contributed by atoms with Gasteiger partial charge in [0.15, 0.2) is 0 Å². The minimum absolute atomic E-state index is 0.0812. The van der Waals surface area contributed by atoms with Gasteiger partial charge in [0.25, 0.3) is 0 Å². The zero-order valence-electron chi connectivity index (χ0n) is 11.5. The fourth-order valence-corrected chi connectivity index (χ4v) is 2.10. The molecule has 0 amide bonds. The first-order chi connectivity index (χ1) is 9.74. The Morgan fingerprint density at radius 1 is 1.30 bits per heavy atom. The number of hydrogen-bond acceptors (Lipinski definition) is 3. The number of aromatic nitrogens is 2. The van der Waals surface area contributed by atoms with Crippen LogP contribution in [-0.4, -0.2) is 29.1 Å². The Hall–Kier alpha value is -1.17. The van der Waals surface area contributed by atoms with Crippen LogP contribution >= 0.6 is 15.9 Å². The molecule has 0 saturated heterocycles. The van der Waals surface area contributed by atoms with E-state index in [1.165, 1.54) is 5.56 Å². The summed E-state index contributed by atoms with van der Waals surface area (Å²) in [6.45, 7) is 4.61. The van der Waals surface area contributed by atoms with Gasteiger partial charge in [-0.15, -0.1) is 0 Å². The van der Waals surface area contributed by atoms with Crippen LogP contribution in [0.1, 0.15) is 12.5 Å². The molecule has 2 aromatic rings. The van der Waals surface area contributed by atoms with E-state index < -0.39 is 0 Å². The van der Waals surface area contributed by atoms with Crippen molar-refractivity contribution in [2.45, 2.75) is 26.2 Å². The van der Waals surface area contributed by atoms with Crippen LogP contribution in [0.15, 0.2) is 47.2 Å². The quantitative estimate of drug-likeness (QED) is 0.741. The van der Waals surface area contributed by atoms with Gasteiger partial charge in [0.1, 0.15) is 0 Å². The minimum atomic E-state index is 0.0812. The van der Waals surface area contributed by atoms with Crippen LogP contribution < -0.4 is 0 Å². The lowest BCUT2D eigenvalue weighted by molar-refractivity contribution is -0.0151. The number of halogens is 1. The van der Waals surface area contributed by atoms with E-state index >= 15 is 0 Å². The summed E-state index contributed by atoms with van der Waals surface area (Å²) in [6, 6.07) is 10.1. The third-order valence-corrected chi connectivity index (χ3v) is 3.20. The molecule has 4 nitrogen and oxygen atoms in total. The fourth-order valence-electron chi connectivity index (χ4n) is 1.77.